The predicted molar refractivity (Wildman–Crippen MR) is 131 cm³/mol. The van der Waals surface area contributed by atoms with E-state index in [9.17, 15) is 14.4 Å². The standard InChI is InChI=1S/C25H26Cl2N2O4/c1-2-3-4-5-6-7-13-33-22-12-11-19(27)14-17(22)15-21-23(30)28-25(32)29(24(21)31)20-10-8-9-18(26)16-20/h8-12,14-16H,2-7,13H2,1H3,(H,28,30,32)/b21-15+. The molecule has 174 valence electrons. The number of amides is 4. The quantitative estimate of drug-likeness (QED) is 0.238. The van der Waals surface area contributed by atoms with E-state index in [1.165, 1.54) is 31.4 Å². The summed E-state index contributed by atoms with van der Waals surface area (Å²) >= 11 is 12.2. The Hall–Kier alpha value is -2.83. The first-order valence-electron chi connectivity index (χ1n) is 11.0. The number of barbiturate groups is 1. The number of unbranched alkanes of at least 4 members (excludes halogenated alkanes) is 5. The number of ether oxygens (including phenoxy) is 1. The Morgan fingerprint density at radius 3 is 2.42 bits per heavy atom. The van der Waals surface area contributed by atoms with Gasteiger partial charge in [-0.2, -0.15) is 0 Å². The van der Waals surface area contributed by atoms with Crippen molar-refractivity contribution in [1.29, 1.82) is 0 Å². The third-order valence-electron chi connectivity index (χ3n) is 5.20. The highest BCUT2D eigenvalue weighted by molar-refractivity contribution is 6.39. The Balaban J connectivity index is 1.80. The Morgan fingerprint density at radius 2 is 1.67 bits per heavy atom. The Bertz CT molecular complexity index is 1070. The van der Waals surface area contributed by atoms with Crippen LogP contribution in [0.4, 0.5) is 10.5 Å². The van der Waals surface area contributed by atoms with Crippen LogP contribution in [-0.4, -0.2) is 24.5 Å². The van der Waals surface area contributed by atoms with Crippen LogP contribution in [0.1, 0.15) is 51.0 Å². The summed E-state index contributed by atoms with van der Waals surface area (Å²) in [6.45, 7) is 2.69. The van der Waals surface area contributed by atoms with Gasteiger partial charge in [0.25, 0.3) is 11.8 Å². The fourth-order valence-corrected chi connectivity index (χ4v) is 3.86. The molecule has 0 radical (unpaired) electrons. The van der Waals surface area contributed by atoms with Crippen molar-refractivity contribution in [2.24, 2.45) is 0 Å². The number of nitrogens with one attached hydrogen (secondary N) is 1. The van der Waals surface area contributed by atoms with Crippen LogP contribution in [0.25, 0.3) is 6.08 Å². The van der Waals surface area contributed by atoms with E-state index in [4.69, 9.17) is 27.9 Å². The van der Waals surface area contributed by atoms with Crippen LogP contribution in [0.5, 0.6) is 5.75 Å². The van der Waals surface area contributed by atoms with E-state index in [-0.39, 0.29) is 11.3 Å². The summed E-state index contributed by atoms with van der Waals surface area (Å²) in [5.74, 6) is -1.04. The molecule has 0 aliphatic carbocycles. The van der Waals surface area contributed by atoms with Gasteiger partial charge >= 0.3 is 6.03 Å². The van der Waals surface area contributed by atoms with Crippen molar-refractivity contribution in [2.75, 3.05) is 11.5 Å². The minimum Gasteiger partial charge on any atom is -0.493 e. The minimum atomic E-state index is -0.838. The van der Waals surface area contributed by atoms with Gasteiger partial charge in [-0.1, -0.05) is 68.3 Å². The summed E-state index contributed by atoms with van der Waals surface area (Å²) in [4.78, 5) is 38.8. The van der Waals surface area contributed by atoms with Crippen molar-refractivity contribution in [1.82, 2.24) is 5.32 Å². The molecule has 0 bridgehead atoms. The second-order valence-electron chi connectivity index (χ2n) is 7.74. The average Bonchev–Trinajstić information content (AvgIpc) is 2.77. The number of benzene rings is 2. The third-order valence-corrected chi connectivity index (χ3v) is 5.67. The molecule has 1 aliphatic heterocycles. The van der Waals surface area contributed by atoms with Gasteiger partial charge in [-0.05, 0) is 48.9 Å². The fraction of sp³-hybridized carbons (Fsp3) is 0.320. The summed E-state index contributed by atoms with van der Waals surface area (Å²) in [7, 11) is 0. The molecule has 33 heavy (non-hydrogen) atoms. The van der Waals surface area contributed by atoms with Crippen LogP contribution in [0.2, 0.25) is 10.0 Å². The molecule has 4 amide bonds. The lowest BCUT2D eigenvalue weighted by Gasteiger charge is -2.26. The SMILES string of the molecule is CCCCCCCCOc1ccc(Cl)cc1/C=C1\C(=O)NC(=O)N(c2cccc(Cl)c2)C1=O. The molecule has 1 N–H and O–H groups in total. The smallest absolute Gasteiger partial charge is 0.335 e. The molecule has 2 aromatic rings. The number of urea groups is 1. The van der Waals surface area contributed by atoms with Crippen LogP contribution in [-0.2, 0) is 9.59 Å². The summed E-state index contributed by atoms with van der Waals surface area (Å²) in [6.07, 6.45) is 8.18. The highest BCUT2D eigenvalue weighted by Crippen LogP contribution is 2.29. The largest absolute Gasteiger partial charge is 0.493 e. The predicted octanol–water partition coefficient (Wildman–Crippen LogP) is 6.40. The number of halogens is 2. The van der Waals surface area contributed by atoms with E-state index in [1.807, 2.05) is 0 Å². The zero-order valence-electron chi connectivity index (χ0n) is 18.4. The summed E-state index contributed by atoms with van der Waals surface area (Å²) in [5, 5.41) is 2.99. The molecular formula is C25H26Cl2N2O4. The van der Waals surface area contributed by atoms with Gasteiger partial charge in [-0.3, -0.25) is 14.9 Å². The first-order chi connectivity index (χ1) is 15.9. The molecule has 1 heterocycles. The van der Waals surface area contributed by atoms with Gasteiger partial charge in [-0.15, -0.1) is 0 Å². The lowest BCUT2D eigenvalue weighted by atomic mass is 10.1. The molecule has 0 atom stereocenters. The van der Waals surface area contributed by atoms with Gasteiger partial charge in [0.05, 0.1) is 12.3 Å². The highest BCUT2D eigenvalue weighted by atomic mass is 35.5. The number of carbonyl (C=O) groups excluding carboxylic acids is 3. The summed E-state index contributed by atoms with van der Waals surface area (Å²) in [5.41, 5.74) is 0.530. The molecule has 0 saturated carbocycles. The highest BCUT2D eigenvalue weighted by Gasteiger charge is 2.37. The maximum absolute atomic E-state index is 13.1. The third kappa shape index (κ3) is 6.59. The minimum absolute atomic E-state index is 0.207. The van der Waals surface area contributed by atoms with Crippen LogP contribution in [0.15, 0.2) is 48.0 Å². The molecule has 6 nitrogen and oxygen atoms in total. The molecule has 3 rings (SSSR count). The number of nitrogens with zero attached hydrogens (tertiary/aromatic N) is 1. The van der Waals surface area contributed by atoms with Crippen LogP contribution >= 0.6 is 23.2 Å². The topological polar surface area (TPSA) is 75.7 Å². The van der Waals surface area contributed by atoms with E-state index < -0.39 is 17.8 Å². The molecular weight excluding hydrogens is 463 g/mol. The Morgan fingerprint density at radius 1 is 0.939 bits per heavy atom. The van der Waals surface area contributed by atoms with Gasteiger partial charge in [0.15, 0.2) is 0 Å². The van der Waals surface area contributed by atoms with Crippen molar-refractivity contribution >= 4 is 52.8 Å². The van der Waals surface area contributed by atoms with Crippen molar-refractivity contribution < 1.29 is 19.1 Å². The summed E-state index contributed by atoms with van der Waals surface area (Å²) in [6, 6.07) is 10.4. The van der Waals surface area contributed by atoms with E-state index in [0.29, 0.717) is 28.0 Å². The molecule has 8 heteroatoms. The zero-order chi connectivity index (χ0) is 23.8. The Labute approximate surface area is 203 Å². The fourth-order valence-electron chi connectivity index (χ4n) is 3.49. The van der Waals surface area contributed by atoms with Gasteiger partial charge in [0.2, 0.25) is 0 Å². The van der Waals surface area contributed by atoms with Gasteiger partial charge in [0.1, 0.15) is 11.3 Å². The van der Waals surface area contributed by atoms with Crippen molar-refractivity contribution in [2.45, 2.75) is 45.4 Å². The zero-order valence-corrected chi connectivity index (χ0v) is 19.9. The molecule has 0 spiro atoms. The second kappa shape index (κ2) is 11.9. The van der Waals surface area contributed by atoms with Crippen LogP contribution in [0, 0.1) is 0 Å². The molecule has 1 aliphatic rings. The second-order valence-corrected chi connectivity index (χ2v) is 8.61. The molecule has 0 aromatic heterocycles. The number of anilines is 1. The first kappa shape index (κ1) is 24.8. The van der Waals surface area contributed by atoms with Gasteiger partial charge < -0.3 is 4.74 Å². The van der Waals surface area contributed by atoms with Crippen molar-refractivity contribution in [3.05, 3.63) is 63.6 Å². The number of carbonyl (C=O) groups is 3. The lowest BCUT2D eigenvalue weighted by molar-refractivity contribution is -0.122. The average molecular weight is 489 g/mol. The number of imide groups is 2. The number of hydrogen-bond acceptors (Lipinski definition) is 4. The van der Waals surface area contributed by atoms with E-state index in [2.05, 4.69) is 12.2 Å². The van der Waals surface area contributed by atoms with Crippen LogP contribution < -0.4 is 15.0 Å². The van der Waals surface area contributed by atoms with E-state index >= 15 is 0 Å². The Kier molecular flexibility index (Phi) is 8.92. The lowest BCUT2D eigenvalue weighted by Crippen LogP contribution is -2.54. The normalized spacial score (nSPS) is 15.2. The molecule has 2 aromatic carbocycles. The maximum atomic E-state index is 13.1. The van der Waals surface area contributed by atoms with Gasteiger partial charge in [0, 0.05) is 15.6 Å². The number of rotatable bonds is 10. The monoisotopic (exact) mass is 488 g/mol. The van der Waals surface area contributed by atoms with E-state index in [1.54, 1.807) is 36.4 Å². The summed E-state index contributed by atoms with van der Waals surface area (Å²) < 4.78 is 5.91. The molecule has 0 unspecified atom stereocenters. The van der Waals surface area contributed by atoms with Crippen LogP contribution in [0.3, 0.4) is 0 Å². The van der Waals surface area contributed by atoms with Crippen molar-refractivity contribution in [3.8, 4) is 5.75 Å². The molecule has 1 fully saturated rings. The van der Waals surface area contributed by atoms with Crippen molar-refractivity contribution in [3.63, 3.8) is 0 Å². The maximum Gasteiger partial charge on any atom is 0.335 e. The van der Waals surface area contributed by atoms with E-state index in [0.717, 1.165) is 24.2 Å². The van der Waals surface area contributed by atoms with Gasteiger partial charge in [-0.25, -0.2) is 9.69 Å². The number of hydrogen-bond donors (Lipinski definition) is 1. The molecule has 1 saturated heterocycles. The first-order valence-corrected chi connectivity index (χ1v) is 11.8.